The molecule has 0 bridgehead atoms. The van der Waals surface area contributed by atoms with Crippen molar-refractivity contribution in [2.24, 2.45) is 0 Å². The summed E-state index contributed by atoms with van der Waals surface area (Å²) < 4.78 is 29.0. The predicted octanol–water partition coefficient (Wildman–Crippen LogP) is 2.81. The molecule has 80 valence electrons. The van der Waals surface area contributed by atoms with E-state index in [0.717, 1.165) is 0 Å². The van der Waals surface area contributed by atoms with Crippen LogP contribution in [0, 0.1) is 0 Å². The summed E-state index contributed by atoms with van der Waals surface area (Å²) in [6.07, 6.45) is 4.32. The molecule has 1 rings (SSSR count). The van der Waals surface area contributed by atoms with Crippen molar-refractivity contribution in [1.82, 2.24) is 0 Å². The summed E-state index contributed by atoms with van der Waals surface area (Å²) >= 11 is 0. The Balaban J connectivity index is 0.000000364. The molecule has 1 aromatic carbocycles. The second-order valence-corrected chi connectivity index (χ2v) is 4.66. The molecule has 1 aromatic rings. The van der Waals surface area contributed by atoms with Gasteiger partial charge in [-0.25, -0.2) is 0 Å². The van der Waals surface area contributed by atoms with Gasteiger partial charge in [0.25, 0.3) is 0 Å². The summed E-state index contributed by atoms with van der Waals surface area (Å²) in [7, 11) is 0.302. The van der Waals surface area contributed by atoms with Crippen molar-refractivity contribution in [1.29, 1.82) is 0 Å². The molecule has 0 aliphatic carbocycles. The molecule has 5 heteroatoms. The van der Waals surface area contributed by atoms with Crippen molar-refractivity contribution in [3.05, 3.63) is 24.3 Å². The third-order valence-corrected chi connectivity index (χ3v) is 2.52. The topological polar surface area (TPSA) is 20.2 Å². The Bertz CT molecular complexity index is 246. The molecule has 0 aliphatic heterocycles. The Hall–Kier alpha value is -0.840. The van der Waals surface area contributed by atoms with Gasteiger partial charge in [0, 0.05) is 10.9 Å². The fraction of sp³-hybridized carbons (Fsp3) is 0.333. The van der Waals surface area contributed by atoms with E-state index in [4.69, 9.17) is 5.11 Å². The molecule has 1 N–H and O–H groups in total. The molecule has 0 aromatic heterocycles. The molecule has 1 nitrogen and oxygen atoms in total. The molecule has 0 spiro atoms. The quantitative estimate of drug-likeness (QED) is 0.729. The van der Waals surface area contributed by atoms with E-state index < -0.39 is 6.68 Å². The van der Waals surface area contributed by atoms with Gasteiger partial charge >= 0.3 is 6.68 Å². The Morgan fingerprint density at radius 2 is 1.43 bits per heavy atom. The zero-order chi connectivity index (χ0) is 11.1. The van der Waals surface area contributed by atoms with Crippen molar-refractivity contribution in [3.63, 3.8) is 0 Å². The second kappa shape index (κ2) is 6.59. The van der Waals surface area contributed by atoms with Gasteiger partial charge in [0.2, 0.25) is 0 Å². The Kier molecular flexibility index (Phi) is 6.19. The van der Waals surface area contributed by atoms with Crippen molar-refractivity contribution in [2.45, 2.75) is 11.6 Å². The van der Waals surface area contributed by atoms with Crippen LogP contribution in [0.4, 0.5) is 13.2 Å². The van der Waals surface area contributed by atoms with Gasteiger partial charge in [0.1, 0.15) is 18.3 Å². The van der Waals surface area contributed by atoms with E-state index in [1.165, 1.54) is 4.90 Å². The lowest BCUT2D eigenvalue weighted by atomic mass is 10.3. The average molecular weight is 225 g/mol. The van der Waals surface area contributed by atoms with Gasteiger partial charge in [-0.1, -0.05) is 0 Å². The first-order valence-corrected chi connectivity index (χ1v) is 5.76. The van der Waals surface area contributed by atoms with Crippen molar-refractivity contribution in [3.8, 4) is 5.75 Å². The minimum atomic E-state index is -3.67. The monoisotopic (exact) mass is 225 g/mol. The molecule has 0 amide bonds. The van der Waals surface area contributed by atoms with Crippen molar-refractivity contribution in [2.75, 3.05) is 12.5 Å². The molecule has 0 atom stereocenters. The van der Waals surface area contributed by atoms with Gasteiger partial charge in [-0.3, -0.25) is 0 Å². The van der Waals surface area contributed by atoms with Crippen LogP contribution in [0.3, 0.4) is 0 Å². The summed E-state index contributed by atoms with van der Waals surface area (Å²) in [4.78, 5) is 1.29. The highest BCUT2D eigenvalue weighted by Gasteiger charge is 2.05. The Labute approximate surface area is 83.9 Å². The van der Waals surface area contributed by atoms with E-state index in [0.29, 0.717) is 16.6 Å². The van der Waals surface area contributed by atoms with Gasteiger partial charge in [0.15, 0.2) is 4.90 Å². The van der Waals surface area contributed by atoms with Crippen LogP contribution in [0.1, 0.15) is 0 Å². The summed E-state index contributed by atoms with van der Waals surface area (Å²) in [6.45, 7) is -3.67. The maximum Gasteiger partial charge on any atom is 0.379 e. The lowest BCUT2D eigenvalue weighted by Gasteiger charge is -1.94. The van der Waals surface area contributed by atoms with Crippen LogP contribution in [0.25, 0.3) is 0 Å². The minimum absolute atomic E-state index is 0.302. The van der Waals surface area contributed by atoms with Crippen LogP contribution in [0.2, 0.25) is 0 Å². The first-order valence-electron chi connectivity index (χ1n) is 3.72. The number of phenols is 1. The maximum atomic E-state index is 9.67. The van der Waals surface area contributed by atoms with Crippen LogP contribution in [-0.2, 0) is 10.9 Å². The summed E-state index contributed by atoms with van der Waals surface area (Å²) in [5.41, 5.74) is 0. The maximum absolute atomic E-state index is 9.67. The highest BCUT2D eigenvalue weighted by Crippen LogP contribution is 2.13. The van der Waals surface area contributed by atoms with Crippen LogP contribution in [0.5, 0.6) is 5.75 Å². The number of hydrogen-bond donors (Lipinski definition) is 1. The van der Waals surface area contributed by atoms with E-state index >= 15 is 0 Å². The number of aromatic hydroxyl groups is 1. The van der Waals surface area contributed by atoms with E-state index in [-0.39, 0.29) is 0 Å². The van der Waals surface area contributed by atoms with Crippen LogP contribution in [0.15, 0.2) is 29.2 Å². The second-order valence-electron chi connectivity index (χ2n) is 2.56. The Morgan fingerprint density at radius 1 is 1.07 bits per heavy atom. The molecule has 0 heterocycles. The molecule has 0 saturated heterocycles. The van der Waals surface area contributed by atoms with Gasteiger partial charge < -0.3 is 5.11 Å². The third-order valence-electron chi connectivity index (χ3n) is 1.31. The van der Waals surface area contributed by atoms with Crippen LogP contribution < -0.4 is 0 Å². The number of halogens is 3. The number of benzene rings is 1. The molecule has 0 saturated carbocycles. The van der Waals surface area contributed by atoms with Gasteiger partial charge in [-0.15, -0.1) is 0 Å². The molecule has 0 unspecified atom stereocenters. The van der Waals surface area contributed by atoms with Crippen LogP contribution >= 0.6 is 0 Å². The fourth-order valence-electron chi connectivity index (χ4n) is 0.718. The summed E-state index contributed by atoms with van der Waals surface area (Å²) in [5.74, 6) is 0.342. The van der Waals surface area contributed by atoms with E-state index in [2.05, 4.69) is 12.5 Å². The number of phenolic OH excluding ortho intramolecular Hbond substituents is 1. The summed E-state index contributed by atoms with van der Waals surface area (Å²) in [6, 6.07) is 7.36. The molecular weight excluding hydrogens is 213 g/mol. The largest absolute Gasteiger partial charge is 0.508 e. The molecule has 0 fully saturated rings. The van der Waals surface area contributed by atoms with Crippen molar-refractivity contribution < 1.29 is 18.3 Å². The van der Waals surface area contributed by atoms with E-state index in [9.17, 15) is 13.2 Å². The third kappa shape index (κ3) is 6.65. The highest BCUT2D eigenvalue weighted by atomic mass is 32.2. The first-order chi connectivity index (χ1) is 6.43. The van der Waals surface area contributed by atoms with Gasteiger partial charge in [-0.2, -0.15) is 13.2 Å². The highest BCUT2D eigenvalue weighted by molar-refractivity contribution is 7.95. The smallest absolute Gasteiger partial charge is 0.379 e. The van der Waals surface area contributed by atoms with Gasteiger partial charge in [-0.05, 0) is 24.3 Å². The molecular formula is C9H12F3OS+. The van der Waals surface area contributed by atoms with E-state index in [1.807, 2.05) is 12.1 Å². The zero-order valence-corrected chi connectivity index (χ0v) is 8.69. The number of hydrogen-bond acceptors (Lipinski definition) is 1. The Morgan fingerprint density at radius 3 is 1.71 bits per heavy atom. The normalized spacial score (nSPS) is 9.93. The average Bonchev–Trinajstić information content (AvgIpc) is 2.03. The van der Waals surface area contributed by atoms with Gasteiger partial charge in [0.05, 0.1) is 0 Å². The number of rotatable bonds is 1. The van der Waals surface area contributed by atoms with E-state index in [1.54, 1.807) is 12.1 Å². The molecule has 0 aliphatic rings. The summed E-state index contributed by atoms with van der Waals surface area (Å²) in [5, 5.41) is 8.94. The standard InChI is InChI=1S/C8H10OS.CHF3/c1-10(2)8-5-3-7(9)4-6-8;2-1(3)4/h3-6H,1-2H3;1H/p+1. The molecule has 14 heavy (non-hydrogen) atoms. The zero-order valence-electron chi connectivity index (χ0n) is 7.88. The van der Waals surface area contributed by atoms with Crippen LogP contribution in [-0.4, -0.2) is 24.3 Å². The lowest BCUT2D eigenvalue weighted by Crippen LogP contribution is -1.93. The van der Waals surface area contributed by atoms with Crippen molar-refractivity contribution >= 4 is 10.9 Å². The number of alkyl halides is 3. The first kappa shape index (κ1) is 13.2. The minimum Gasteiger partial charge on any atom is -0.508 e. The lowest BCUT2D eigenvalue weighted by molar-refractivity contribution is 0.00819. The predicted molar refractivity (Wildman–Crippen MR) is 52.7 cm³/mol. The molecule has 0 radical (unpaired) electrons. The SMILES string of the molecule is C[S+](C)c1ccc(O)cc1.FC(F)F. The fourth-order valence-corrected chi connectivity index (χ4v) is 1.40.